The Kier molecular flexibility index (Phi) is 4.59. The number of rotatable bonds is 5. The van der Waals surface area contributed by atoms with E-state index in [0.717, 1.165) is 6.07 Å². The van der Waals surface area contributed by atoms with Crippen molar-refractivity contribution in [3.05, 3.63) is 40.0 Å². The molecular weight excluding hydrogens is 370 g/mol. The molecule has 6 nitrogen and oxygen atoms in total. The molecule has 0 spiro atoms. The van der Waals surface area contributed by atoms with Gasteiger partial charge in [-0.25, -0.2) is 8.78 Å². The van der Waals surface area contributed by atoms with Gasteiger partial charge in [0.25, 0.3) is 10.0 Å². The fourth-order valence-corrected chi connectivity index (χ4v) is 3.18. The average Bonchev–Trinajstić information content (AvgIpc) is 2.85. The van der Waals surface area contributed by atoms with Crippen LogP contribution in [-0.2, 0) is 16.6 Å². The van der Waals surface area contributed by atoms with Gasteiger partial charge in [-0.05, 0) is 29.0 Å². The second kappa shape index (κ2) is 6.08. The lowest BCUT2D eigenvalue weighted by Gasteiger charge is -2.10. The quantitative estimate of drug-likeness (QED) is 0.692. The van der Waals surface area contributed by atoms with E-state index in [2.05, 4.69) is 36.2 Å². The Hall–Kier alpha value is -1.52. The fraction of sp³-hybridized carbons (Fsp3) is 0.182. The maximum Gasteiger partial charge on any atom is 0.279 e. The number of halogens is 3. The summed E-state index contributed by atoms with van der Waals surface area (Å²) >= 11 is 2.87. The number of benzene rings is 1. The Labute approximate surface area is 128 Å². The van der Waals surface area contributed by atoms with E-state index in [9.17, 15) is 17.2 Å². The third kappa shape index (κ3) is 3.39. The second-order valence-electron chi connectivity index (χ2n) is 4.11. The zero-order valence-corrected chi connectivity index (χ0v) is 13.1. The lowest BCUT2D eigenvalue weighted by Crippen LogP contribution is -2.18. The molecule has 0 amide bonds. The molecule has 0 aliphatic rings. The summed E-state index contributed by atoms with van der Waals surface area (Å²) in [6.07, 6.45) is 1.35. The molecule has 0 aliphatic carbocycles. The zero-order chi connectivity index (χ0) is 15.6. The van der Waals surface area contributed by atoms with Crippen molar-refractivity contribution in [1.82, 2.24) is 15.5 Å². The minimum Gasteiger partial charge on any atom is -0.316 e. The second-order valence-corrected chi connectivity index (χ2v) is 6.58. The first kappa shape index (κ1) is 15.9. The number of nitrogens with zero attached hydrogens (tertiary/aromatic N) is 1. The molecule has 0 saturated heterocycles. The minimum absolute atomic E-state index is 0.0540. The zero-order valence-electron chi connectivity index (χ0n) is 10.7. The van der Waals surface area contributed by atoms with Crippen molar-refractivity contribution < 1.29 is 17.2 Å². The van der Waals surface area contributed by atoms with Crippen LogP contribution >= 0.6 is 15.9 Å². The molecule has 0 aliphatic heterocycles. The van der Waals surface area contributed by atoms with E-state index in [-0.39, 0.29) is 21.7 Å². The van der Waals surface area contributed by atoms with E-state index in [1.165, 1.54) is 6.20 Å². The van der Waals surface area contributed by atoms with Crippen molar-refractivity contribution in [3.8, 4) is 0 Å². The Balaban J connectivity index is 2.38. The van der Waals surface area contributed by atoms with Crippen molar-refractivity contribution in [1.29, 1.82) is 0 Å². The van der Waals surface area contributed by atoms with Gasteiger partial charge in [0.15, 0.2) is 5.03 Å². The molecule has 0 unspecified atom stereocenters. The summed E-state index contributed by atoms with van der Waals surface area (Å²) in [5.41, 5.74) is 0.0277. The van der Waals surface area contributed by atoms with E-state index in [1.807, 2.05) is 0 Å². The summed E-state index contributed by atoms with van der Waals surface area (Å²) in [6, 6.07) is 1.60. The molecule has 10 heteroatoms. The van der Waals surface area contributed by atoms with Crippen molar-refractivity contribution in [2.24, 2.45) is 0 Å². The molecule has 114 valence electrons. The topological polar surface area (TPSA) is 86.9 Å². The molecular formula is C11H11BrF2N4O2S. The van der Waals surface area contributed by atoms with Crippen LogP contribution in [0.15, 0.2) is 27.8 Å². The highest BCUT2D eigenvalue weighted by atomic mass is 79.9. The van der Waals surface area contributed by atoms with E-state index >= 15 is 0 Å². The van der Waals surface area contributed by atoms with Crippen molar-refractivity contribution in [2.75, 3.05) is 11.8 Å². The highest BCUT2D eigenvalue weighted by Crippen LogP contribution is 2.26. The maximum atomic E-state index is 13.6. The number of hydrogen-bond acceptors (Lipinski definition) is 4. The van der Waals surface area contributed by atoms with Crippen molar-refractivity contribution >= 4 is 31.6 Å². The normalized spacial score (nSPS) is 11.6. The van der Waals surface area contributed by atoms with Crippen LogP contribution in [0.25, 0.3) is 0 Å². The molecule has 0 fully saturated rings. The Bertz CT molecular complexity index is 764. The first-order valence-corrected chi connectivity index (χ1v) is 7.97. The number of nitrogens with one attached hydrogen (secondary N) is 3. The van der Waals surface area contributed by atoms with Crippen LogP contribution in [0, 0.1) is 11.6 Å². The minimum atomic E-state index is -4.07. The van der Waals surface area contributed by atoms with Gasteiger partial charge in [0, 0.05) is 18.2 Å². The van der Waals surface area contributed by atoms with Gasteiger partial charge in [0.2, 0.25) is 0 Å². The van der Waals surface area contributed by atoms with Gasteiger partial charge in [0.1, 0.15) is 11.6 Å². The van der Waals surface area contributed by atoms with E-state index < -0.39 is 21.7 Å². The Morgan fingerprint density at radius 3 is 2.71 bits per heavy atom. The van der Waals surface area contributed by atoms with Crippen LogP contribution < -0.4 is 10.0 Å². The van der Waals surface area contributed by atoms with Gasteiger partial charge in [-0.1, -0.05) is 0 Å². The van der Waals surface area contributed by atoms with Crippen molar-refractivity contribution in [3.63, 3.8) is 0 Å². The predicted octanol–water partition coefficient (Wildman–Crippen LogP) is 1.97. The Morgan fingerprint density at radius 2 is 2.05 bits per heavy atom. The predicted molar refractivity (Wildman–Crippen MR) is 76.2 cm³/mol. The SMILES string of the molecule is CNCc1cn[nH]c1S(=O)(=O)Nc1cc(Br)c(F)cc1F. The number of aromatic nitrogens is 2. The lowest BCUT2D eigenvalue weighted by atomic mass is 10.3. The molecule has 0 bridgehead atoms. The first-order chi connectivity index (χ1) is 9.85. The lowest BCUT2D eigenvalue weighted by molar-refractivity contribution is 0.578. The summed E-state index contributed by atoms with van der Waals surface area (Å²) in [5.74, 6) is -1.85. The summed E-state index contributed by atoms with van der Waals surface area (Å²) in [7, 11) is -2.42. The summed E-state index contributed by atoms with van der Waals surface area (Å²) in [4.78, 5) is 0. The van der Waals surface area contributed by atoms with Gasteiger partial charge in [-0.2, -0.15) is 13.5 Å². The largest absolute Gasteiger partial charge is 0.316 e. The average molecular weight is 381 g/mol. The molecule has 2 aromatic rings. The molecule has 1 aromatic heterocycles. The van der Waals surface area contributed by atoms with E-state index in [0.29, 0.717) is 11.6 Å². The summed E-state index contributed by atoms with van der Waals surface area (Å²) in [5, 5.41) is 8.61. The number of H-pyrrole nitrogens is 1. The monoisotopic (exact) mass is 380 g/mol. The van der Waals surface area contributed by atoms with Crippen LogP contribution in [0.5, 0.6) is 0 Å². The van der Waals surface area contributed by atoms with Crippen LogP contribution in [0.2, 0.25) is 0 Å². The summed E-state index contributed by atoms with van der Waals surface area (Å²) < 4.78 is 53.2. The molecule has 21 heavy (non-hydrogen) atoms. The smallest absolute Gasteiger partial charge is 0.279 e. The van der Waals surface area contributed by atoms with Crippen LogP contribution in [0.1, 0.15) is 5.56 Å². The number of sulfonamides is 1. The van der Waals surface area contributed by atoms with E-state index in [4.69, 9.17) is 0 Å². The maximum absolute atomic E-state index is 13.6. The van der Waals surface area contributed by atoms with Crippen LogP contribution in [-0.4, -0.2) is 25.7 Å². The van der Waals surface area contributed by atoms with Gasteiger partial charge in [0.05, 0.1) is 16.4 Å². The third-order valence-electron chi connectivity index (χ3n) is 2.57. The molecule has 1 heterocycles. The number of anilines is 1. The molecule has 1 aromatic carbocycles. The van der Waals surface area contributed by atoms with Crippen molar-refractivity contribution in [2.45, 2.75) is 11.6 Å². The van der Waals surface area contributed by atoms with Gasteiger partial charge >= 0.3 is 0 Å². The fourth-order valence-electron chi connectivity index (χ4n) is 1.64. The number of aromatic amines is 1. The van der Waals surface area contributed by atoms with Gasteiger partial charge in [-0.15, -0.1) is 0 Å². The van der Waals surface area contributed by atoms with E-state index in [1.54, 1.807) is 7.05 Å². The van der Waals surface area contributed by atoms with Crippen LogP contribution in [0.3, 0.4) is 0 Å². The van der Waals surface area contributed by atoms with Crippen LogP contribution in [0.4, 0.5) is 14.5 Å². The first-order valence-electron chi connectivity index (χ1n) is 5.69. The Morgan fingerprint density at radius 1 is 1.33 bits per heavy atom. The summed E-state index contributed by atoms with van der Waals surface area (Å²) in [6.45, 7) is 0.266. The molecule has 0 saturated carbocycles. The van der Waals surface area contributed by atoms with Gasteiger partial charge < -0.3 is 5.32 Å². The highest BCUT2D eigenvalue weighted by Gasteiger charge is 2.22. The van der Waals surface area contributed by atoms with Gasteiger partial charge in [-0.3, -0.25) is 9.82 Å². The third-order valence-corrected chi connectivity index (χ3v) is 4.56. The highest BCUT2D eigenvalue weighted by molar-refractivity contribution is 9.10. The molecule has 3 N–H and O–H groups in total. The standard InChI is InChI=1S/C11H11BrF2N4O2S/c1-15-4-6-5-16-17-11(6)21(19,20)18-10-2-7(12)8(13)3-9(10)14/h2-3,5,15,18H,4H2,1H3,(H,16,17). The number of hydrogen-bond donors (Lipinski definition) is 3. The molecule has 2 rings (SSSR count). The molecule has 0 radical (unpaired) electrons. The molecule has 0 atom stereocenters.